The molecule has 0 bridgehead atoms. The highest BCUT2D eigenvalue weighted by molar-refractivity contribution is 5.21. The third-order valence-electron chi connectivity index (χ3n) is 3.61. The van der Waals surface area contributed by atoms with Gasteiger partial charge in [0.05, 0.1) is 5.60 Å². The Morgan fingerprint density at radius 3 is 2.33 bits per heavy atom. The standard InChI is InChI=1S/C16H26O2/c1-13-5-7-14(8-6-13)11-15(12-17)9-10-16(2,3)18-4/h5-8,15,17H,9-12H2,1-4H3. The lowest BCUT2D eigenvalue weighted by Gasteiger charge is -2.25. The molecule has 0 aliphatic rings. The minimum absolute atomic E-state index is 0.0965. The fourth-order valence-electron chi connectivity index (χ4n) is 1.97. The van der Waals surface area contributed by atoms with Gasteiger partial charge in [-0.05, 0) is 51.5 Å². The molecule has 0 saturated heterocycles. The van der Waals surface area contributed by atoms with E-state index in [2.05, 4.69) is 45.0 Å². The van der Waals surface area contributed by atoms with Gasteiger partial charge in [-0.1, -0.05) is 29.8 Å². The molecule has 0 spiro atoms. The molecule has 1 aromatic carbocycles. The summed E-state index contributed by atoms with van der Waals surface area (Å²) in [6.45, 7) is 6.52. The molecule has 1 aromatic rings. The van der Waals surface area contributed by atoms with E-state index in [9.17, 15) is 5.11 Å². The molecule has 0 fully saturated rings. The Bertz CT molecular complexity index is 341. The normalized spacial score (nSPS) is 13.6. The molecule has 1 rings (SSSR count). The zero-order chi connectivity index (χ0) is 13.6. The molecule has 0 amide bonds. The molecule has 0 heterocycles. The molecule has 102 valence electrons. The monoisotopic (exact) mass is 250 g/mol. The third-order valence-corrected chi connectivity index (χ3v) is 3.61. The van der Waals surface area contributed by atoms with E-state index in [1.807, 2.05) is 0 Å². The quantitative estimate of drug-likeness (QED) is 0.804. The van der Waals surface area contributed by atoms with Gasteiger partial charge in [0.15, 0.2) is 0 Å². The molecule has 2 heteroatoms. The third kappa shape index (κ3) is 5.19. The van der Waals surface area contributed by atoms with Crippen LogP contribution in [0.5, 0.6) is 0 Å². The van der Waals surface area contributed by atoms with Gasteiger partial charge in [-0.3, -0.25) is 0 Å². The SMILES string of the molecule is COC(C)(C)CCC(CO)Cc1ccc(C)cc1. The van der Waals surface area contributed by atoms with E-state index in [0.29, 0.717) is 5.92 Å². The van der Waals surface area contributed by atoms with Crippen molar-refractivity contribution in [2.75, 3.05) is 13.7 Å². The molecule has 18 heavy (non-hydrogen) atoms. The fraction of sp³-hybridized carbons (Fsp3) is 0.625. The van der Waals surface area contributed by atoms with Gasteiger partial charge in [-0.2, -0.15) is 0 Å². The lowest BCUT2D eigenvalue weighted by Crippen LogP contribution is -2.24. The average Bonchev–Trinajstić information content (AvgIpc) is 2.37. The van der Waals surface area contributed by atoms with E-state index < -0.39 is 0 Å². The van der Waals surface area contributed by atoms with Crippen LogP contribution < -0.4 is 0 Å². The lowest BCUT2D eigenvalue weighted by molar-refractivity contribution is 0.00826. The highest BCUT2D eigenvalue weighted by atomic mass is 16.5. The van der Waals surface area contributed by atoms with Crippen LogP contribution in [0.25, 0.3) is 0 Å². The number of aliphatic hydroxyl groups is 1. The van der Waals surface area contributed by atoms with E-state index in [-0.39, 0.29) is 12.2 Å². The number of hydrogen-bond donors (Lipinski definition) is 1. The molecule has 0 aliphatic heterocycles. The maximum Gasteiger partial charge on any atom is 0.0622 e. The number of hydrogen-bond acceptors (Lipinski definition) is 2. The van der Waals surface area contributed by atoms with Crippen molar-refractivity contribution >= 4 is 0 Å². The van der Waals surface area contributed by atoms with Crippen molar-refractivity contribution in [1.29, 1.82) is 0 Å². The Kier molecular flexibility index (Phi) is 5.83. The maximum atomic E-state index is 9.47. The highest BCUT2D eigenvalue weighted by Crippen LogP contribution is 2.21. The van der Waals surface area contributed by atoms with Crippen LogP contribution in [0, 0.1) is 12.8 Å². The van der Waals surface area contributed by atoms with Crippen LogP contribution in [0.15, 0.2) is 24.3 Å². The Labute approximate surface area is 111 Å². The summed E-state index contributed by atoms with van der Waals surface area (Å²) < 4.78 is 5.42. The zero-order valence-electron chi connectivity index (χ0n) is 12.1. The van der Waals surface area contributed by atoms with Gasteiger partial charge in [0, 0.05) is 13.7 Å². The van der Waals surface area contributed by atoms with Crippen LogP contribution in [0.2, 0.25) is 0 Å². The summed E-state index contributed by atoms with van der Waals surface area (Å²) >= 11 is 0. The van der Waals surface area contributed by atoms with Crippen LogP contribution in [0.3, 0.4) is 0 Å². The maximum absolute atomic E-state index is 9.47. The topological polar surface area (TPSA) is 29.5 Å². The van der Waals surface area contributed by atoms with Gasteiger partial charge >= 0.3 is 0 Å². The van der Waals surface area contributed by atoms with E-state index in [4.69, 9.17) is 4.74 Å². The van der Waals surface area contributed by atoms with Gasteiger partial charge in [0.2, 0.25) is 0 Å². The summed E-state index contributed by atoms with van der Waals surface area (Å²) in [4.78, 5) is 0. The number of aliphatic hydroxyl groups excluding tert-OH is 1. The second kappa shape index (κ2) is 6.91. The fourth-order valence-corrected chi connectivity index (χ4v) is 1.97. The summed E-state index contributed by atoms with van der Waals surface area (Å²) in [6.07, 6.45) is 2.91. The molecule has 0 saturated carbocycles. The van der Waals surface area contributed by atoms with Crippen molar-refractivity contribution in [1.82, 2.24) is 0 Å². The molecule has 0 aromatic heterocycles. The number of ether oxygens (including phenoxy) is 1. The van der Waals surface area contributed by atoms with Crippen molar-refractivity contribution in [2.24, 2.45) is 5.92 Å². The molecular formula is C16H26O2. The van der Waals surface area contributed by atoms with Crippen molar-refractivity contribution in [3.8, 4) is 0 Å². The summed E-state index contributed by atoms with van der Waals surface area (Å²) in [5, 5.41) is 9.47. The van der Waals surface area contributed by atoms with Crippen molar-refractivity contribution in [3.05, 3.63) is 35.4 Å². The number of benzene rings is 1. The summed E-state index contributed by atoms with van der Waals surface area (Å²) in [7, 11) is 1.74. The van der Waals surface area contributed by atoms with Crippen LogP contribution >= 0.6 is 0 Å². The van der Waals surface area contributed by atoms with Crippen LogP contribution in [-0.2, 0) is 11.2 Å². The summed E-state index contributed by atoms with van der Waals surface area (Å²) in [5.74, 6) is 0.321. The van der Waals surface area contributed by atoms with Crippen molar-refractivity contribution in [3.63, 3.8) is 0 Å². The average molecular weight is 250 g/mol. The Morgan fingerprint density at radius 2 is 1.83 bits per heavy atom. The number of rotatable bonds is 7. The largest absolute Gasteiger partial charge is 0.396 e. The molecule has 1 unspecified atom stereocenters. The smallest absolute Gasteiger partial charge is 0.0622 e. The molecule has 0 aliphatic carbocycles. The number of methoxy groups -OCH3 is 1. The van der Waals surface area contributed by atoms with E-state index in [0.717, 1.165) is 19.3 Å². The molecule has 2 nitrogen and oxygen atoms in total. The van der Waals surface area contributed by atoms with Gasteiger partial charge in [0.25, 0.3) is 0 Å². The molecule has 0 radical (unpaired) electrons. The summed E-state index contributed by atoms with van der Waals surface area (Å²) in [5.41, 5.74) is 2.48. The lowest BCUT2D eigenvalue weighted by atomic mass is 9.90. The molecular weight excluding hydrogens is 224 g/mol. The second-order valence-corrected chi connectivity index (χ2v) is 5.74. The molecule has 1 N–H and O–H groups in total. The Balaban J connectivity index is 2.49. The van der Waals surface area contributed by atoms with Crippen LogP contribution in [0.1, 0.15) is 37.8 Å². The Hall–Kier alpha value is -0.860. The van der Waals surface area contributed by atoms with Gasteiger partial charge in [0.1, 0.15) is 0 Å². The minimum atomic E-state index is -0.0965. The number of aryl methyl sites for hydroxylation is 1. The van der Waals surface area contributed by atoms with Crippen molar-refractivity contribution in [2.45, 2.75) is 45.6 Å². The van der Waals surface area contributed by atoms with Gasteiger partial charge in [-0.15, -0.1) is 0 Å². The van der Waals surface area contributed by atoms with E-state index in [1.165, 1.54) is 11.1 Å². The van der Waals surface area contributed by atoms with Gasteiger partial charge in [-0.25, -0.2) is 0 Å². The first kappa shape index (κ1) is 15.2. The van der Waals surface area contributed by atoms with E-state index in [1.54, 1.807) is 7.11 Å². The zero-order valence-corrected chi connectivity index (χ0v) is 12.1. The van der Waals surface area contributed by atoms with E-state index >= 15 is 0 Å². The molecule has 1 atom stereocenters. The summed E-state index contributed by atoms with van der Waals surface area (Å²) in [6, 6.07) is 8.56. The second-order valence-electron chi connectivity index (χ2n) is 5.74. The predicted molar refractivity (Wildman–Crippen MR) is 75.8 cm³/mol. The van der Waals surface area contributed by atoms with Gasteiger partial charge < -0.3 is 9.84 Å². The predicted octanol–water partition coefficient (Wildman–Crippen LogP) is 3.35. The Morgan fingerprint density at radius 1 is 1.22 bits per heavy atom. The minimum Gasteiger partial charge on any atom is -0.396 e. The highest BCUT2D eigenvalue weighted by Gasteiger charge is 2.19. The van der Waals surface area contributed by atoms with Crippen LogP contribution in [0.4, 0.5) is 0 Å². The van der Waals surface area contributed by atoms with Crippen LogP contribution in [-0.4, -0.2) is 24.4 Å². The first-order valence-electron chi connectivity index (χ1n) is 6.68. The first-order chi connectivity index (χ1) is 8.46. The first-order valence-corrected chi connectivity index (χ1v) is 6.68. The van der Waals surface area contributed by atoms with Crippen molar-refractivity contribution < 1.29 is 9.84 Å².